The monoisotopic (exact) mass is 243 g/mol. The quantitative estimate of drug-likeness (QED) is 0.815. The van der Waals surface area contributed by atoms with Gasteiger partial charge in [0.05, 0.1) is 11.1 Å². The highest BCUT2D eigenvalue weighted by molar-refractivity contribution is 6.31. The smallest absolute Gasteiger partial charge is 0.253 e. The molecule has 2 rings (SSSR count). The maximum Gasteiger partial charge on any atom is 0.253 e. The van der Waals surface area contributed by atoms with E-state index in [9.17, 15) is 14.3 Å². The van der Waals surface area contributed by atoms with E-state index in [0.717, 1.165) is 0 Å². The fourth-order valence-electron chi connectivity index (χ4n) is 1.74. The Labute approximate surface area is 97.4 Å². The number of aliphatic hydroxyl groups excluding tert-OH is 1. The summed E-state index contributed by atoms with van der Waals surface area (Å²) in [5, 5.41) is 9.25. The molecule has 86 valence electrons. The van der Waals surface area contributed by atoms with Crippen LogP contribution in [0.3, 0.4) is 0 Å². The molecule has 0 aromatic heterocycles. The van der Waals surface area contributed by atoms with Gasteiger partial charge in [-0.15, -0.1) is 0 Å². The zero-order valence-corrected chi connectivity index (χ0v) is 9.25. The van der Waals surface area contributed by atoms with Crippen molar-refractivity contribution in [1.82, 2.24) is 4.90 Å². The third-order valence-corrected chi connectivity index (χ3v) is 2.91. The summed E-state index contributed by atoms with van der Waals surface area (Å²) < 4.78 is 12.9. The molecule has 5 heteroatoms. The standard InChI is InChI=1S/C11H11ClFNO2/c12-9-5-7(1-2-10(9)13)11(16)14-4-3-8(15)6-14/h1-2,5,8,15H,3-4,6H2/t8-/m1/s1. The van der Waals surface area contributed by atoms with Crippen molar-refractivity contribution in [2.75, 3.05) is 13.1 Å². The summed E-state index contributed by atoms with van der Waals surface area (Å²) in [6.45, 7) is 0.850. The first-order valence-corrected chi connectivity index (χ1v) is 5.38. The molecule has 1 aromatic rings. The second-order valence-electron chi connectivity index (χ2n) is 3.82. The first-order chi connectivity index (χ1) is 7.58. The number of rotatable bonds is 1. The molecule has 1 saturated heterocycles. The number of aliphatic hydroxyl groups is 1. The number of hydrogen-bond acceptors (Lipinski definition) is 2. The predicted molar refractivity (Wildman–Crippen MR) is 57.9 cm³/mol. The molecule has 0 unspecified atom stereocenters. The number of amides is 1. The van der Waals surface area contributed by atoms with Crippen LogP contribution in [0.15, 0.2) is 18.2 Å². The fourth-order valence-corrected chi connectivity index (χ4v) is 1.92. The van der Waals surface area contributed by atoms with Crippen molar-refractivity contribution >= 4 is 17.5 Å². The van der Waals surface area contributed by atoms with Crippen LogP contribution < -0.4 is 0 Å². The normalized spacial score (nSPS) is 20.2. The molecule has 16 heavy (non-hydrogen) atoms. The number of carbonyl (C=O) groups is 1. The minimum atomic E-state index is -0.542. The van der Waals surface area contributed by atoms with Crippen molar-refractivity contribution < 1.29 is 14.3 Å². The number of hydrogen-bond donors (Lipinski definition) is 1. The summed E-state index contributed by atoms with van der Waals surface area (Å²) in [4.78, 5) is 13.4. The van der Waals surface area contributed by atoms with Crippen LogP contribution in [0.5, 0.6) is 0 Å². The summed E-state index contributed by atoms with van der Waals surface area (Å²) in [7, 11) is 0. The van der Waals surface area contributed by atoms with Crippen LogP contribution in [0.1, 0.15) is 16.8 Å². The number of likely N-dealkylation sites (tertiary alicyclic amines) is 1. The Hall–Kier alpha value is -1.13. The zero-order valence-electron chi connectivity index (χ0n) is 8.49. The highest BCUT2D eigenvalue weighted by Crippen LogP contribution is 2.19. The van der Waals surface area contributed by atoms with Crippen molar-refractivity contribution in [1.29, 1.82) is 0 Å². The lowest BCUT2D eigenvalue weighted by Gasteiger charge is -2.15. The van der Waals surface area contributed by atoms with E-state index in [1.54, 1.807) is 0 Å². The molecule has 0 spiro atoms. The van der Waals surface area contributed by atoms with Gasteiger partial charge in [-0.05, 0) is 24.6 Å². The Morgan fingerprint density at radius 3 is 2.88 bits per heavy atom. The molecular weight excluding hydrogens is 233 g/mol. The number of β-amino-alcohol motifs (C(OH)–C–C–N with tert-alkyl or cyclic N) is 1. The second-order valence-corrected chi connectivity index (χ2v) is 4.23. The van der Waals surface area contributed by atoms with Gasteiger partial charge in [-0.2, -0.15) is 0 Å². The molecule has 1 fully saturated rings. The van der Waals surface area contributed by atoms with Crippen LogP contribution >= 0.6 is 11.6 Å². The van der Waals surface area contributed by atoms with E-state index in [0.29, 0.717) is 25.1 Å². The summed E-state index contributed by atoms with van der Waals surface area (Å²) in [6.07, 6.45) is 0.126. The Morgan fingerprint density at radius 2 is 2.31 bits per heavy atom. The third-order valence-electron chi connectivity index (χ3n) is 2.62. The van der Waals surface area contributed by atoms with Crippen LogP contribution in [0.2, 0.25) is 5.02 Å². The molecule has 1 aliphatic heterocycles. The van der Waals surface area contributed by atoms with Crippen molar-refractivity contribution in [3.63, 3.8) is 0 Å². The Kier molecular flexibility index (Phi) is 3.12. The molecule has 1 N–H and O–H groups in total. The minimum absolute atomic E-state index is 0.0643. The van der Waals surface area contributed by atoms with E-state index in [1.807, 2.05) is 0 Å². The molecule has 3 nitrogen and oxygen atoms in total. The van der Waals surface area contributed by atoms with Crippen LogP contribution in [0.4, 0.5) is 4.39 Å². The average molecular weight is 244 g/mol. The average Bonchev–Trinajstić information content (AvgIpc) is 2.68. The van der Waals surface area contributed by atoms with Crippen molar-refractivity contribution in [3.05, 3.63) is 34.6 Å². The third kappa shape index (κ3) is 2.18. The molecule has 0 aliphatic carbocycles. The maximum atomic E-state index is 12.9. The molecule has 1 atom stereocenters. The van der Waals surface area contributed by atoms with Crippen LogP contribution in [-0.4, -0.2) is 35.1 Å². The van der Waals surface area contributed by atoms with E-state index in [1.165, 1.54) is 23.1 Å². The first kappa shape index (κ1) is 11.4. The van der Waals surface area contributed by atoms with Gasteiger partial charge in [-0.3, -0.25) is 4.79 Å². The maximum absolute atomic E-state index is 12.9. The zero-order chi connectivity index (χ0) is 11.7. The van der Waals surface area contributed by atoms with E-state index in [2.05, 4.69) is 0 Å². The molecule has 1 aromatic carbocycles. The fraction of sp³-hybridized carbons (Fsp3) is 0.364. The Bertz CT molecular complexity index is 424. The van der Waals surface area contributed by atoms with E-state index >= 15 is 0 Å². The molecule has 0 bridgehead atoms. The van der Waals surface area contributed by atoms with Crippen molar-refractivity contribution in [2.45, 2.75) is 12.5 Å². The molecule has 1 aliphatic rings. The SMILES string of the molecule is O=C(c1ccc(F)c(Cl)c1)N1CC[C@@H](O)C1. The minimum Gasteiger partial charge on any atom is -0.391 e. The molecule has 0 radical (unpaired) electrons. The number of benzene rings is 1. The van der Waals surface area contributed by atoms with Gasteiger partial charge in [0.25, 0.3) is 5.91 Å². The summed E-state index contributed by atoms with van der Waals surface area (Å²) in [6, 6.07) is 3.88. The van der Waals surface area contributed by atoms with Gasteiger partial charge >= 0.3 is 0 Å². The lowest BCUT2D eigenvalue weighted by Crippen LogP contribution is -2.29. The van der Waals surface area contributed by atoms with E-state index in [-0.39, 0.29) is 10.9 Å². The van der Waals surface area contributed by atoms with E-state index in [4.69, 9.17) is 11.6 Å². The second kappa shape index (κ2) is 4.39. The topological polar surface area (TPSA) is 40.5 Å². The summed E-state index contributed by atoms with van der Waals surface area (Å²) in [5.74, 6) is -0.766. The molecule has 1 amide bonds. The number of nitrogens with zero attached hydrogens (tertiary/aromatic N) is 1. The van der Waals surface area contributed by atoms with Crippen LogP contribution in [-0.2, 0) is 0 Å². The largest absolute Gasteiger partial charge is 0.391 e. The van der Waals surface area contributed by atoms with Crippen molar-refractivity contribution in [2.24, 2.45) is 0 Å². The lowest BCUT2D eigenvalue weighted by atomic mass is 10.2. The van der Waals surface area contributed by atoms with Gasteiger partial charge in [-0.25, -0.2) is 4.39 Å². The van der Waals surface area contributed by atoms with Crippen molar-refractivity contribution in [3.8, 4) is 0 Å². The lowest BCUT2D eigenvalue weighted by molar-refractivity contribution is 0.0765. The van der Waals surface area contributed by atoms with Crippen LogP contribution in [0, 0.1) is 5.82 Å². The molecular formula is C11H11ClFNO2. The highest BCUT2D eigenvalue weighted by atomic mass is 35.5. The predicted octanol–water partition coefficient (Wildman–Crippen LogP) is 1.69. The molecule has 0 saturated carbocycles. The highest BCUT2D eigenvalue weighted by Gasteiger charge is 2.25. The van der Waals surface area contributed by atoms with Crippen LogP contribution in [0.25, 0.3) is 0 Å². The first-order valence-electron chi connectivity index (χ1n) is 5.00. The Morgan fingerprint density at radius 1 is 1.56 bits per heavy atom. The van der Waals surface area contributed by atoms with Gasteiger partial charge in [0.15, 0.2) is 0 Å². The van der Waals surface area contributed by atoms with Gasteiger partial charge in [-0.1, -0.05) is 11.6 Å². The van der Waals surface area contributed by atoms with E-state index < -0.39 is 11.9 Å². The molecule has 1 heterocycles. The number of halogens is 2. The number of carbonyl (C=O) groups excluding carboxylic acids is 1. The van der Waals surface area contributed by atoms with Gasteiger partial charge in [0.1, 0.15) is 5.82 Å². The summed E-state index contributed by atoms with van der Waals surface area (Å²) >= 11 is 5.60. The van der Waals surface area contributed by atoms with Gasteiger partial charge in [0.2, 0.25) is 0 Å². The van der Waals surface area contributed by atoms with Gasteiger partial charge in [0, 0.05) is 18.7 Å². The Balaban J connectivity index is 2.18. The summed E-state index contributed by atoms with van der Waals surface area (Å²) in [5.41, 5.74) is 0.348. The van der Waals surface area contributed by atoms with Gasteiger partial charge < -0.3 is 10.0 Å².